The van der Waals surface area contributed by atoms with Crippen LogP contribution in [0.4, 0.5) is 14.5 Å². The average molecular weight is 399 g/mol. The summed E-state index contributed by atoms with van der Waals surface area (Å²) in [6.45, 7) is 2.27. The predicted octanol–water partition coefficient (Wildman–Crippen LogP) is 5.33. The van der Waals surface area contributed by atoms with Gasteiger partial charge < -0.3 is 10.1 Å². The van der Waals surface area contributed by atoms with Gasteiger partial charge in [-0.05, 0) is 49.8 Å². The summed E-state index contributed by atoms with van der Waals surface area (Å²) in [7, 11) is 1.47. The smallest absolute Gasteiger partial charge is 0.261 e. The highest BCUT2D eigenvalue weighted by molar-refractivity contribution is 6.06. The number of hydrogen-bond acceptors (Lipinski definition) is 3. The third kappa shape index (κ3) is 3.81. The molecule has 1 amide bonds. The molecular formula is C22H23F2N3O2. The molecule has 0 aliphatic heterocycles. The fourth-order valence-electron chi connectivity index (χ4n) is 3.93. The van der Waals surface area contributed by atoms with Crippen LogP contribution < -0.4 is 10.1 Å². The van der Waals surface area contributed by atoms with E-state index in [9.17, 15) is 13.6 Å². The molecule has 3 aromatic rings. The third-order valence-corrected chi connectivity index (χ3v) is 5.64. The fraction of sp³-hybridized carbons (Fsp3) is 0.364. The van der Waals surface area contributed by atoms with E-state index in [-0.39, 0.29) is 0 Å². The zero-order valence-corrected chi connectivity index (χ0v) is 16.4. The van der Waals surface area contributed by atoms with Crippen molar-refractivity contribution in [3.8, 4) is 5.75 Å². The normalized spacial score (nSPS) is 19.3. The number of rotatable bonds is 4. The van der Waals surface area contributed by atoms with Crippen molar-refractivity contribution in [1.82, 2.24) is 9.78 Å². The van der Waals surface area contributed by atoms with Crippen LogP contribution >= 0.6 is 0 Å². The van der Waals surface area contributed by atoms with Crippen LogP contribution in [0, 0.1) is 17.6 Å². The molecule has 0 spiro atoms. The van der Waals surface area contributed by atoms with Gasteiger partial charge in [-0.25, -0.2) is 8.78 Å². The number of carbonyl (C=O) groups is 1. The number of ether oxygens (including phenoxy) is 1. The summed E-state index contributed by atoms with van der Waals surface area (Å²) in [6, 6.07) is 7.12. The number of nitrogens with one attached hydrogen (secondary N) is 1. The largest absolute Gasteiger partial charge is 0.494 e. The molecule has 0 atom stereocenters. The second-order valence-corrected chi connectivity index (χ2v) is 7.68. The van der Waals surface area contributed by atoms with Crippen molar-refractivity contribution in [2.45, 2.75) is 38.6 Å². The maximum Gasteiger partial charge on any atom is 0.261 e. The zero-order valence-electron chi connectivity index (χ0n) is 16.4. The van der Waals surface area contributed by atoms with Crippen LogP contribution in [0.15, 0.2) is 36.5 Å². The van der Waals surface area contributed by atoms with Crippen LogP contribution in [0.1, 0.15) is 49.0 Å². The number of hydrogen-bond donors (Lipinski definition) is 1. The molecule has 0 saturated heterocycles. The Kier molecular flexibility index (Phi) is 5.22. The highest BCUT2D eigenvalue weighted by atomic mass is 19.1. The Morgan fingerprint density at radius 2 is 1.86 bits per heavy atom. The van der Waals surface area contributed by atoms with Crippen LogP contribution in [0.3, 0.4) is 0 Å². The van der Waals surface area contributed by atoms with Crippen molar-refractivity contribution in [3.05, 3.63) is 53.7 Å². The van der Waals surface area contributed by atoms with Crippen molar-refractivity contribution in [2.24, 2.45) is 5.92 Å². The van der Waals surface area contributed by atoms with E-state index in [1.54, 1.807) is 12.1 Å². The summed E-state index contributed by atoms with van der Waals surface area (Å²) in [4.78, 5) is 12.5. The number of fused-ring (bicyclic) bond motifs is 1. The average Bonchev–Trinajstić information content (AvgIpc) is 3.10. The van der Waals surface area contributed by atoms with E-state index >= 15 is 0 Å². The first kappa shape index (κ1) is 19.4. The van der Waals surface area contributed by atoms with E-state index in [0.29, 0.717) is 17.5 Å². The molecule has 2 aromatic carbocycles. The Bertz CT molecular complexity index is 1040. The van der Waals surface area contributed by atoms with Crippen LogP contribution in [0.25, 0.3) is 10.9 Å². The minimum absolute atomic E-state index is 0.337. The molecular weight excluding hydrogens is 376 g/mol. The van der Waals surface area contributed by atoms with Crippen LogP contribution in [-0.4, -0.2) is 22.8 Å². The molecule has 1 aromatic heterocycles. The van der Waals surface area contributed by atoms with Crippen LogP contribution in [-0.2, 0) is 0 Å². The van der Waals surface area contributed by atoms with Gasteiger partial charge in [0.05, 0.1) is 24.4 Å². The number of benzene rings is 2. The first-order valence-corrected chi connectivity index (χ1v) is 9.78. The summed E-state index contributed by atoms with van der Waals surface area (Å²) in [5.74, 6) is -1.57. The standard InChI is InChI=1S/C22H23F2N3O2/c1-13-6-8-15(9-7-13)27-12-14-10-19(20(29-2)11-18(14)26-27)25-22(28)21-16(23)4-3-5-17(21)24/h3-5,10-13,15H,6-9H2,1-2H3,(H,25,28). The van der Waals surface area contributed by atoms with Gasteiger partial charge in [-0.1, -0.05) is 13.0 Å². The molecule has 0 bridgehead atoms. The SMILES string of the molecule is COc1cc2nn(C3CCC(C)CC3)cc2cc1NC(=O)c1c(F)cccc1F. The monoisotopic (exact) mass is 399 g/mol. The minimum atomic E-state index is -0.915. The second kappa shape index (κ2) is 7.81. The molecule has 1 heterocycles. The third-order valence-electron chi connectivity index (χ3n) is 5.64. The molecule has 5 nitrogen and oxygen atoms in total. The van der Waals surface area contributed by atoms with E-state index in [1.165, 1.54) is 26.0 Å². The molecule has 1 aliphatic carbocycles. The quantitative estimate of drug-likeness (QED) is 0.645. The molecule has 4 rings (SSSR count). The van der Waals surface area contributed by atoms with E-state index in [4.69, 9.17) is 4.74 Å². The lowest BCUT2D eigenvalue weighted by molar-refractivity contribution is 0.101. The van der Waals surface area contributed by atoms with Gasteiger partial charge in [0.1, 0.15) is 22.9 Å². The molecule has 152 valence electrons. The van der Waals surface area contributed by atoms with Gasteiger partial charge >= 0.3 is 0 Å². The summed E-state index contributed by atoms with van der Waals surface area (Å²) >= 11 is 0. The molecule has 1 N–H and O–H groups in total. The molecule has 7 heteroatoms. The Hall–Kier alpha value is -2.96. The van der Waals surface area contributed by atoms with E-state index in [2.05, 4.69) is 17.3 Å². The highest BCUT2D eigenvalue weighted by Crippen LogP contribution is 2.35. The van der Waals surface area contributed by atoms with Gasteiger partial charge in [0.15, 0.2) is 0 Å². The number of halogens is 2. The zero-order chi connectivity index (χ0) is 20.5. The van der Waals surface area contributed by atoms with Crippen LogP contribution in [0.2, 0.25) is 0 Å². The number of anilines is 1. The first-order valence-electron chi connectivity index (χ1n) is 9.78. The van der Waals surface area contributed by atoms with E-state index < -0.39 is 23.1 Å². The molecule has 29 heavy (non-hydrogen) atoms. The maximum absolute atomic E-state index is 13.9. The first-order chi connectivity index (χ1) is 14.0. The lowest BCUT2D eigenvalue weighted by atomic mass is 9.87. The number of nitrogens with zero attached hydrogens (tertiary/aromatic N) is 2. The van der Waals surface area contributed by atoms with Gasteiger partial charge in [-0.15, -0.1) is 0 Å². The fourth-order valence-corrected chi connectivity index (χ4v) is 3.93. The van der Waals surface area contributed by atoms with Gasteiger partial charge in [0.2, 0.25) is 0 Å². The van der Waals surface area contributed by atoms with Crippen molar-refractivity contribution in [3.63, 3.8) is 0 Å². The molecule has 1 aliphatic rings. The summed E-state index contributed by atoms with van der Waals surface area (Å²) in [6.07, 6.45) is 6.49. The topological polar surface area (TPSA) is 56.1 Å². The van der Waals surface area contributed by atoms with Crippen molar-refractivity contribution < 1.29 is 18.3 Å². The van der Waals surface area contributed by atoms with E-state index in [1.807, 2.05) is 10.9 Å². The Labute approximate surface area is 167 Å². The summed E-state index contributed by atoms with van der Waals surface area (Å²) in [5, 5.41) is 8.07. The number of aromatic nitrogens is 2. The summed E-state index contributed by atoms with van der Waals surface area (Å²) < 4.78 is 35.2. The molecule has 0 radical (unpaired) electrons. The Morgan fingerprint density at radius 1 is 1.17 bits per heavy atom. The van der Waals surface area contributed by atoms with Crippen molar-refractivity contribution in [1.29, 1.82) is 0 Å². The van der Waals surface area contributed by atoms with Gasteiger partial charge in [-0.2, -0.15) is 5.10 Å². The lowest BCUT2D eigenvalue weighted by Crippen LogP contribution is -2.16. The van der Waals surface area contributed by atoms with Gasteiger partial charge in [-0.3, -0.25) is 9.48 Å². The maximum atomic E-state index is 13.9. The van der Waals surface area contributed by atoms with Gasteiger partial charge in [0.25, 0.3) is 5.91 Å². The van der Waals surface area contributed by atoms with Crippen molar-refractivity contribution in [2.75, 3.05) is 12.4 Å². The Morgan fingerprint density at radius 3 is 2.52 bits per heavy atom. The number of carbonyl (C=O) groups excluding carboxylic acids is 1. The summed E-state index contributed by atoms with van der Waals surface area (Å²) in [5.41, 5.74) is 0.460. The molecule has 1 fully saturated rings. The van der Waals surface area contributed by atoms with E-state index in [0.717, 1.165) is 41.8 Å². The predicted molar refractivity (Wildman–Crippen MR) is 107 cm³/mol. The second-order valence-electron chi connectivity index (χ2n) is 7.68. The lowest BCUT2D eigenvalue weighted by Gasteiger charge is -2.26. The number of amides is 1. The number of methoxy groups -OCH3 is 1. The van der Waals surface area contributed by atoms with Crippen LogP contribution in [0.5, 0.6) is 5.75 Å². The highest BCUT2D eigenvalue weighted by Gasteiger charge is 2.22. The minimum Gasteiger partial charge on any atom is -0.494 e. The Balaban J connectivity index is 1.64. The molecule has 0 unspecified atom stereocenters. The van der Waals surface area contributed by atoms with Crippen molar-refractivity contribution >= 4 is 22.5 Å². The molecule has 1 saturated carbocycles. The van der Waals surface area contributed by atoms with Gasteiger partial charge in [0, 0.05) is 17.6 Å².